The van der Waals surface area contributed by atoms with Crippen LogP contribution in [-0.4, -0.2) is 105 Å². The Bertz CT molecular complexity index is 343. The second-order valence-corrected chi connectivity index (χ2v) is 5.48. The van der Waals surface area contributed by atoms with E-state index in [0.717, 1.165) is 7.11 Å². The van der Waals surface area contributed by atoms with Gasteiger partial charge in [0.1, 0.15) is 30.5 Å². The number of aliphatic hydroxyl groups is 7. The third-order valence-corrected chi connectivity index (χ3v) is 3.78. The smallest absolute Gasteiger partial charge is 0.187 e. The molecule has 1 aliphatic heterocycles. The molecule has 0 aliphatic carbocycles. The third kappa shape index (κ3) is 5.03. The van der Waals surface area contributed by atoms with Crippen molar-refractivity contribution in [2.45, 2.75) is 68.7 Å². The summed E-state index contributed by atoms with van der Waals surface area (Å²) in [7, 11) is 1.13. The Kier molecular flexibility index (Phi) is 8.24. The summed E-state index contributed by atoms with van der Waals surface area (Å²) >= 11 is 0. The van der Waals surface area contributed by atoms with Gasteiger partial charge in [0.25, 0.3) is 0 Å². The topological polar surface area (TPSA) is 169 Å². The summed E-state index contributed by atoms with van der Waals surface area (Å²) in [6.45, 7) is 1.04. The highest BCUT2D eigenvalue weighted by Crippen LogP contribution is 2.25. The van der Waals surface area contributed by atoms with Gasteiger partial charge < -0.3 is 50.0 Å². The maximum absolute atomic E-state index is 10.0. The highest BCUT2D eigenvalue weighted by atomic mass is 16.7. The average molecular weight is 342 g/mol. The first kappa shape index (κ1) is 20.6. The molecule has 10 heteroatoms. The molecule has 23 heavy (non-hydrogen) atoms. The lowest BCUT2D eigenvalue weighted by Gasteiger charge is -2.41. The van der Waals surface area contributed by atoms with E-state index in [1.807, 2.05) is 0 Å². The van der Waals surface area contributed by atoms with Crippen molar-refractivity contribution >= 4 is 0 Å². The van der Waals surface area contributed by atoms with Crippen LogP contribution in [0.5, 0.6) is 0 Å². The summed E-state index contributed by atoms with van der Waals surface area (Å²) in [5.74, 6) is 0. The van der Waals surface area contributed by atoms with Crippen molar-refractivity contribution in [3.63, 3.8) is 0 Å². The van der Waals surface area contributed by atoms with E-state index in [9.17, 15) is 30.6 Å². The number of aliphatic hydroxyl groups excluding tert-OH is 7. The molecule has 7 N–H and O–H groups in total. The van der Waals surface area contributed by atoms with E-state index in [1.54, 1.807) is 0 Å². The first-order valence-corrected chi connectivity index (χ1v) is 7.27. The van der Waals surface area contributed by atoms with E-state index in [4.69, 9.17) is 14.6 Å². The second-order valence-electron chi connectivity index (χ2n) is 5.48. The lowest BCUT2D eigenvalue weighted by atomic mass is 9.99. The van der Waals surface area contributed by atoms with Crippen LogP contribution >= 0.6 is 0 Å². The van der Waals surface area contributed by atoms with Crippen molar-refractivity contribution in [3.8, 4) is 0 Å². The van der Waals surface area contributed by atoms with Gasteiger partial charge in [0.05, 0.1) is 12.2 Å². The van der Waals surface area contributed by atoms with Crippen LogP contribution in [0.1, 0.15) is 13.3 Å². The SMILES string of the molecule is CO[C@@H](O)C(O[C@@H]1OC(C)[C@@H](O)C(O)C1O)C(O)[C@@H](O)CCO. The molecule has 1 rings (SSSR count). The van der Waals surface area contributed by atoms with Crippen LogP contribution in [0.25, 0.3) is 0 Å². The summed E-state index contributed by atoms with van der Waals surface area (Å²) < 4.78 is 15.1. The van der Waals surface area contributed by atoms with Crippen LogP contribution in [0.2, 0.25) is 0 Å². The average Bonchev–Trinajstić information content (AvgIpc) is 2.53. The summed E-state index contributed by atoms with van der Waals surface area (Å²) in [4.78, 5) is 0. The van der Waals surface area contributed by atoms with Gasteiger partial charge in [0.15, 0.2) is 12.6 Å². The predicted molar refractivity (Wildman–Crippen MR) is 74.0 cm³/mol. The Morgan fingerprint density at radius 2 is 1.65 bits per heavy atom. The van der Waals surface area contributed by atoms with E-state index in [1.165, 1.54) is 6.92 Å². The molecule has 1 heterocycles. The van der Waals surface area contributed by atoms with E-state index in [-0.39, 0.29) is 6.42 Å². The molecule has 0 radical (unpaired) electrons. The zero-order chi connectivity index (χ0) is 17.7. The molecule has 138 valence electrons. The molecule has 0 spiro atoms. The monoisotopic (exact) mass is 342 g/mol. The molecule has 0 saturated carbocycles. The van der Waals surface area contributed by atoms with Crippen LogP contribution < -0.4 is 0 Å². The van der Waals surface area contributed by atoms with Gasteiger partial charge in [-0.15, -0.1) is 0 Å². The van der Waals surface area contributed by atoms with Crippen LogP contribution in [0.3, 0.4) is 0 Å². The van der Waals surface area contributed by atoms with Gasteiger partial charge in [0, 0.05) is 13.7 Å². The zero-order valence-corrected chi connectivity index (χ0v) is 13.0. The second kappa shape index (κ2) is 9.18. The van der Waals surface area contributed by atoms with E-state index in [0.29, 0.717) is 0 Å². The van der Waals surface area contributed by atoms with Crippen LogP contribution in [0.15, 0.2) is 0 Å². The molecule has 1 fully saturated rings. The lowest BCUT2D eigenvalue weighted by Crippen LogP contribution is -2.60. The maximum Gasteiger partial charge on any atom is 0.187 e. The van der Waals surface area contributed by atoms with Gasteiger partial charge >= 0.3 is 0 Å². The van der Waals surface area contributed by atoms with Gasteiger partial charge in [-0.2, -0.15) is 0 Å². The fraction of sp³-hybridized carbons (Fsp3) is 1.00. The number of hydrogen-bond donors (Lipinski definition) is 7. The van der Waals surface area contributed by atoms with E-state index < -0.39 is 61.9 Å². The van der Waals surface area contributed by atoms with Crippen LogP contribution in [0.4, 0.5) is 0 Å². The molecule has 9 atom stereocenters. The van der Waals surface area contributed by atoms with Gasteiger partial charge in [0.2, 0.25) is 0 Å². The highest BCUT2D eigenvalue weighted by molar-refractivity contribution is 4.89. The fourth-order valence-corrected chi connectivity index (χ4v) is 2.25. The standard InChI is InChI=1S/C13H26O10/c1-5-7(16)9(18)10(19)13(22-5)23-11(12(20)21-2)8(17)6(15)3-4-14/h5-20H,3-4H2,1-2H3/t5?,6-,7+,8?,9?,10?,11?,12+,13-/m0/s1. The molecular formula is C13H26O10. The predicted octanol–water partition coefficient (Wildman–Crippen LogP) is -3.73. The molecule has 0 aromatic rings. The van der Waals surface area contributed by atoms with Gasteiger partial charge in [-0.3, -0.25) is 0 Å². The number of rotatable bonds is 8. The molecule has 1 aliphatic rings. The van der Waals surface area contributed by atoms with Gasteiger partial charge in [-0.25, -0.2) is 0 Å². The first-order chi connectivity index (χ1) is 10.7. The number of methoxy groups -OCH3 is 1. The van der Waals surface area contributed by atoms with E-state index >= 15 is 0 Å². The van der Waals surface area contributed by atoms with Crippen molar-refractivity contribution in [1.29, 1.82) is 0 Å². The maximum atomic E-state index is 10.0. The van der Waals surface area contributed by atoms with Crippen molar-refractivity contribution in [2.75, 3.05) is 13.7 Å². The van der Waals surface area contributed by atoms with Crippen LogP contribution in [0, 0.1) is 0 Å². The minimum atomic E-state index is -1.67. The van der Waals surface area contributed by atoms with Gasteiger partial charge in [-0.05, 0) is 13.3 Å². The Morgan fingerprint density at radius 1 is 1.04 bits per heavy atom. The summed E-state index contributed by atoms with van der Waals surface area (Å²) in [6, 6.07) is 0. The Hall–Kier alpha value is -0.400. The molecule has 0 amide bonds. The zero-order valence-electron chi connectivity index (χ0n) is 13.0. The fourth-order valence-electron chi connectivity index (χ4n) is 2.25. The summed E-state index contributed by atoms with van der Waals surface area (Å²) in [5, 5.41) is 67.6. The number of hydrogen-bond acceptors (Lipinski definition) is 10. The van der Waals surface area contributed by atoms with Crippen molar-refractivity contribution in [3.05, 3.63) is 0 Å². The third-order valence-electron chi connectivity index (χ3n) is 3.78. The Labute approximate surface area is 133 Å². The molecular weight excluding hydrogens is 316 g/mol. The van der Waals surface area contributed by atoms with Crippen molar-refractivity contribution in [2.24, 2.45) is 0 Å². The molecule has 1 saturated heterocycles. The summed E-state index contributed by atoms with van der Waals surface area (Å²) in [6.07, 6.45) is -13.4. The molecule has 10 nitrogen and oxygen atoms in total. The normalized spacial score (nSPS) is 37.2. The summed E-state index contributed by atoms with van der Waals surface area (Å²) in [5.41, 5.74) is 0. The molecule has 5 unspecified atom stereocenters. The quantitative estimate of drug-likeness (QED) is 0.218. The Balaban J connectivity index is 2.84. The molecule has 0 aromatic heterocycles. The minimum absolute atomic E-state index is 0.177. The van der Waals surface area contributed by atoms with E-state index in [2.05, 4.69) is 4.74 Å². The first-order valence-electron chi connectivity index (χ1n) is 7.27. The van der Waals surface area contributed by atoms with Crippen molar-refractivity contribution < 1.29 is 50.0 Å². The lowest BCUT2D eigenvalue weighted by molar-refractivity contribution is -0.333. The van der Waals surface area contributed by atoms with Gasteiger partial charge in [-0.1, -0.05) is 0 Å². The largest absolute Gasteiger partial charge is 0.396 e. The molecule has 0 aromatic carbocycles. The minimum Gasteiger partial charge on any atom is -0.396 e. The van der Waals surface area contributed by atoms with Crippen LogP contribution in [-0.2, 0) is 14.2 Å². The number of ether oxygens (including phenoxy) is 3. The Morgan fingerprint density at radius 3 is 2.17 bits per heavy atom. The van der Waals surface area contributed by atoms with Crippen molar-refractivity contribution in [1.82, 2.24) is 0 Å². The highest BCUT2D eigenvalue weighted by Gasteiger charge is 2.45. The molecule has 0 bridgehead atoms.